The summed E-state index contributed by atoms with van der Waals surface area (Å²) in [7, 11) is -1.69. The fraction of sp³-hybridized carbons (Fsp3) is 0.222. The van der Waals surface area contributed by atoms with Gasteiger partial charge in [-0.25, -0.2) is 8.42 Å². The average Bonchev–Trinajstić information content (AvgIpc) is 2.59. The van der Waals surface area contributed by atoms with Crippen LogP contribution in [0.1, 0.15) is 17.5 Å². The van der Waals surface area contributed by atoms with Crippen LogP contribution in [0.2, 0.25) is 0 Å². The summed E-state index contributed by atoms with van der Waals surface area (Å²) >= 11 is 0. The van der Waals surface area contributed by atoms with E-state index in [1.807, 2.05) is 36.4 Å². The lowest BCUT2D eigenvalue weighted by molar-refractivity contribution is 0.295. The number of aliphatic hydroxyl groups is 1. The summed E-state index contributed by atoms with van der Waals surface area (Å²) in [5.74, 6) is 0.768. The largest absolute Gasteiger partial charge is 0.497 e. The van der Waals surface area contributed by atoms with E-state index in [9.17, 15) is 8.42 Å². The topological polar surface area (TPSA) is 63.6 Å². The highest BCUT2D eigenvalue weighted by molar-refractivity contribution is 7.91. The van der Waals surface area contributed by atoms with E-state index >= 15 is 0 Å². The zero-order chi connectivity index (χ0) is 16.7. The number of hydrogen-bond donors (Lipinski definition) is 1. The van der Waals surface area contributed by atoms with E-state index in [4.69, 9.17) is 9.84 Å². The summed E-state index contributed by atoms with van der Waals surface area (Å²) in [5, 5.41) is 8.75. The molecule has 23 heavy (non-hydrogen) atoms. The van der Waals surface area contributed by atoms with Gasteiger partial charge in [0.1, 0.15) is 5.75 Å². The first kappa shape index (κ1) is 17.2. The summed E-state index contributed by atoms with van der Waals surface area (Å²) in [5.41, 5.74) is 1.95. The minimum Gasteiger partial charge on any atom is -0.497 e. The van der Waals surface area contributed by atoms with Gasteiger partial charge in [-0.3, -0.25) is 0 Å². The number of ether oxygens (including phenoxy) is 1. The van der Waals surface area contributed by atoms with Gasteiger partial charge in [0.2, 0.25) is 0 Å². The number of rotatable bonds is 7. The van der Waals surface area contributed by atoms with E-state index in [0.717, 1.165) is 16.9 Å². The van der Waals surface area contributed by atoms with Gasteiger partial charge in [-0.05, 0) is 41.8 Å². The second kappa shape index (κ2) is 7.94. The fourth-order valence-electron chi connectivity index (χ4n) is 2.07. The van der Waals surface area contributed by atoms with Crippen molar-refractivity contribution in [1.29, 1.82) is 0 Å². The molecule has 0 fully saturated rings. The lowest BCUT2D eigenvalue weighted by Crippen LogP contribution is -2.08. The SMILES string of the molecule is COc1ccc(C=Cc2ccc(S(=O)(=O)CCCO)cc2)cc1. The summed E-state index contributed by atoms with van der Waals surface area (Å²) in [6, 6.07) is 14.4. The predicted octanol–water partition coefficient (Wildman–Crippen LogP) is 3.02. The van der Waals surface area contributed by atoms with Crippen LogP contribution in [-0.4, -0.2) is 33.0 Å². The first-order valence-electron chi connectivity index (χ1n) is 7.31. The Morgan fingerprint density at radius 2 is 1.48 bits per heavy atom. The standard InChI is InChI=1S/C18H20O4S/c1-22-17-9-5-15(6-10-17)3-4-16-7-11-18(12-8-16)23(20,21)14-2-13-19/h3-12,19H,2,13-14H2,1H3. The smallest absolute Gasteiger partial charge is 0.178 e. The quantitative estimate of drug-likeness (QED) is 0.792. The molecular formula is C18H20O4S. The van der Waals surface area contributed by atoms with Crippen LogP contribution in [0.25, 0.3) is 12.2 Å². The summed E-state index contributed by atoms with van der Waals surface area (Å²) in [4.78, 5) is 0.285. The highest BCUT2D eigenvalue weighted by atomic mass is 32.2. The molecule has 0 aliphatic carbocycles. The second-order valence-corrected chi connectivity index (χ2v) is 7.18. The molecule has 4 nitrogen and oxygen atoms in total. The van der Waals surface area contributed by atoms with Crippen molar-refractivity contribution in [3.63, 3.8) is 0 Å². The molecule has 2 aromatic rings. The van der Waals surface area contributed by atoms with Gasteiger partial charge in [0.25, 0.3) is 0 Å². The lowest BCUT2D eigenvalue weighted by Gasteiger charge is -2.04. The van der Waals surface area contributed by atoms with Crippen molar-refractivity contribution in [2.75, 3.05) is 19.5 Å². The molecule has 0 heterocycles. The van der Waals surface area contributed by atoms with Crippen molar-refractivity contribution in [2.24, 2.45) is 0 Å². The van der Waals surface area contributed by atoms with Crippen LogP contribution in [-0.2, 0) is 9.84 Å². The van der Waals surface area contributed by atoms with Gasteiger partial charge in [0.05, 0.1) is 17.8 Å². The van der Waals surface area contributed by atoms with E-state index < -0.39 is 9.84 Å². The molecule has 0 unspecified atom stereocenters. The van der Waals surface area contributed by atoms with E-state index in [0.29, 0.717) is 0 Å². The Morgan fingerprint density at radius 3 is 1.96 bits per heavy atom. The van der Waals surface area contributed by atoms with Crippen molar-refractivity contribution in [1.82, 2.24) is 0 Å². The molecule has 0 spiro atoms. The van der Waals surface area contributed by atoms with E-state index in [-0.39, 0.29) is 23.7 Å². The maximum atomic E-state index is 12.0. The molecule has 2 aromatic carbocycles. The molecule has 1 N–H and O–H groups in total. The van der Waals surface area contributed by atoms with Crippen molar-refractivity contribution >= 4 is 22.0 Å². The Bertz CT molecular complexity index is 745. The molecule has 0 saturated carbocycles. The number of hydrogen-bond acceptors (Lipinski definition) is 4. The average molecular weight is 332 g/mol. The summed E-state index contributed by atoms with van der Waals surface area (Å²) in [6.45, 7) is -0.123. The number of benzene rings is 2. The van der Waals surface area contributed by atoms with Crippen LogP contribution in [0.5, 0.6) is 5.75 Å². The van der Waals surface area contributed by atoms with Crippen molar-refractivity contribution in [3.05, 3.63) is 59.7 Å². The molecule has 0 radical (unpaired) electrons. The molecule has 0 aliphatic heterocycles. The molecule has 0 atom stereocenters. The third-order valence-electron chi connectivity index (χ3n) is 3.39. The van der Waals surface area contributed by atoms with Gasteiger partial charge in [0, 0.05) is 6.61 Å². The zero-order valence-electron chi connectivity index (χ0n) is 13.0. The van der Waals surface area contributed by atoms with Crippen molar-refractivity contribution in [2.45, 2.75) is 11.3 Å². The van der Waals surface area contributed by atoms with E-state index in [2.05, 4.69) is 0 Å². The van der Waals surface area contributed by atoms with Gasteiger partial charge in [-0.2, -0.15) is 0 Å². The number of sulfone groups is 1. The number of methoxy groups -OCH3 is 1. The van der Waals surface area contributed by atoms with E-state index in [1.165, 1.54) is 0 Å². The third kappa shape index (κ3) is 4.94. The molecule has 0 aliphatic rings. The lowest BCUT2D eigenvalue weighted by atomic mass is 10.1. The highest BCUT2D eigenvalue weighted by Gasteiger charge is 2.13. The van der Waals surface area contributed by atoms with Crippen LogP contribution in [0.3, 0.4) is 0 Å². The summed E-state index contributed by atoms with van der Waals surface area (Å²) in [6.07, 6.45) is 4.13. The molecule has 0 aromatic heterocycles. The molecule has 0 saturated heterocycles. The Labute approximate surface area is 137 Å². The Morgan fingerprint density at radius 1 is 0.957 bits per heavy atom. The van der Waals surface area contributed by atoms with Crippen LogP contribution >= 0.6 is 0 Å². The predicted molar refractivity (Wildman–Crippen MR) is 92.1 cm³/mol. The zero-order valence-corrected chi connectivity index (χ0v) is 13.8. The first-order chi connectivity index (χ1) is 11.0. The molecule has 0 amide bonds. The van der Waals surface area contributed by atoms with Crippen molar-refractivity contribution in [3.8, 4) is 5.75 Å². The van der Waals surface area contributed by atoms with Gasteiger partial charge in [-0.15, -0.1) is 0 Å². The summed E-state index contributed by atoms with van der Waals surface area (Å²) < 4.78 is 29.1. The first-order valence-corrected chi connectivity index (χ1v) is 8.96. The van der Waals surface area contributed by atoms with Crippen LogP contribution < -0.4 is 4.74 Å². The van der Waals surface area contributed by atoms with Gasteiger partial charge < -0.3 is 9.84 Å². The normalized spacial score (nSPS) is 11.7. The minimum atomic E-state index is -3.31. The van der Waals surface area contributed by atoms with Gasteiger partial charge in [0.15, 0.2) is 9.84 Å². The molecule has 122 valence electrons. The molecule has 2 rings (SSSR count). The van der Waals surface area contributed by atoms with Crippen LogP contribution in [0.4, 0.5) is 0 Å². The van der Waals surface area contributed by atoms with Gasteiger partial charge >= 0.3 is 0 Å². The maximum Gasteiger partial charge on any atom is 0.178 e. The van der Waals surface area contributed by atoms with Crippen LogP contribution in [0, 0.1) is 0 Å². The van der Waals surface area contributed by atoms with Gasteiger partial charge in [-0.1, -0.05) is 36.4 Å². The molecule has 5 heteroatoms. The Hall–Kier alpha value is -2.11. The van der Waals surface area contributed by atoms with Crippen molar-refractivity contribution < 1.29 is 18.3 Å². The Kier molecular flexibility index (Phi) is 5.96. The second-order valence-electron chi connectivity index (χ2n) is 5.07. The Balaban J connectivity index is 2.08. The minimum absolute atomic E-state index is 0.0372. The van der Waals surface area contributed by atoms with E-state index in [1.54, 1.807) is 31.4 Å². The highest BCUT2D eigenvalue weighted by Crippen LogP contribution is 2.16. The number of aliphatic hydroxyl groups excluding tert-OH is 1. The third-order valence-corrected chi connectivity index (χ3v) is 5.21. The maximum absolute atomic E-state index is 12.0. The molecule has 0 bridgehead atoms. The van der Waals surface area contributed by atoms with Crippen LogP contribution in [0.15, 0.2) is 53.4 Å². The fourth-order valence-corrected chi connectivity index (χ4v) is 3.36. The monoisotopic (exact) mass is 332 g/mol. The molecular weight excluding hydrogens is 312 g/mol.